The van der Waals surface area contributed by atoms with E-state index >= 15 is 0 Å². The van der Waals surface area contributed by atoms with Crippen LogP contribution in [-0.2, 0) is 4.74 Å². The molecule has 1 heterocycles. The van der Waals surface area contributed by atoms with Crippen LogP contribution in [0.2, 0.25) is 0 Å². The topological polar surface area (TPSA) is 120 Å². The lowest BCUT2D eigenvalue weighted by molar-refractivity contribution is -0.277. The Labute approximate surface area is 131 Å². The SMILES string of the molecule is OC[C@H]1O[C@@H](Oc2ccc(O)c3ccccc23)[C@H](O)[C@@H](O)[C@@H]1O. The van der Waals surface area contributed by atoms with Gasteiger partial charge in [-0.25, -0.2) is 0 Å². The van der Waals surface area contributed by atoms with Crippen LogP contribution >= 0.6 is 0 Å². The lowest BCUT2D eigenvalue weighted by Gasteiger charge is -2.39. The second kappa shape index (κ2) is 6.31. The summed E-state index contributed by atoms with van der Waals surface area (Å²) in [5.41, 5.74) is 0. The Morgan fingerprint density at radius 1 is 0.913 bits per heavy atom. The van der Waals surface area contributed by atoms with Crippen LogP contribution in [0.5, 0.6) is 11.5 Å². The van der Waals surface area contributed by atoms with Crippen molar-refractivity contribution in [2.24, 2.45) is 0 Å². The quantitative estimate of drug-likeness (QED) is 0.527. The highest BCUT2D eigenvalue weighted by Gasteiger charge is 2.44. The molecule has 0 spiro atoms. The molecule has 1 aliphatic heterocycles. The number of benzene rings is 2. The molecule has 23 heavy (non-hydrogen) atoms. The summed E-state index contributed by atoms with van der Waals surface area (Å²) in [6.45, 7) is -0.527. The molecule has 0 unspecified atom stereocenters. The summed E-state index contributed by atoms with van der Waals surface area (Å²) < 4.78 is 10.9. The highest BCUT2D eigenvalue weighted by Crippen LogP contribution is 2.34. The monoisotopic (exact) mass is 322 g/mol. The van der Waals surface area contributed by atoms with Gasteiger partial charge in [-0.2, -0.15) is 0 Å². The Morgan fingerprint density at radius 3 is 2.30 bits per heavy atom. The van der Waals surface area contributed by atoms with Gasteiger partial charge in [0.05, 0.1) is 6.61 Å². The highest BCUT2D eigenvalue weighted by atomic mass is 16.7. The second-order valence-electron chi connectivity index (χ2n) is 5.44. The Kier molecular flexibility index (Phi) is 4.38. The molecule has 2 aromatic carbocycles. The molecule has 2 aromatic rings. The fourth-order valence-corrected chi connectivity index (χ4v) is 2.65. The second-order valence-corrected chi connectivity index (χ2v) is 5.44. The van der Waals surface area contributed by atoms with Gasteiger partial charge in [-0.05, 0) is 12.1 Å². The third kappa shape index (κ3) is 2.85. The standard InChI is InChI=1S/C16H18O7/c17-7-12-13(19)14(20)15(21)16(23-12)22-11-6-5-10(18)8-3-1-2-4-9(8)11/h1-6,12-21H,7H2/t12-,13-,14+,15-,16-/m1/s1. The molecule has 0 saturated carbocycles. The minimum atomic E-state index is -1.51. The zero-order chi connectivity index (χ0) is 16.6. The molecular weight excluding hydrogens is 304 g/mol. The first-order valence-electron chi connectivity index (χ1n) is 7.21. The average Bonchev–Trinajstić information content (AvgIpc) is 2.58. The molecule has 1 aliphatic rings. The first-order valence-corrected chi connectivity index (χ1v) is 7.21. The number of aliphatic hydroxyl groups is 4. The van der Waals surface area contributed by atoms with E-state index in [-0.39, 0.29) is 5.75 Å². The van der Waals surface area contributed by atoms with Crippen molar-refractivity contribution in [3.8, 4) is 11.5 Å². The summed E-state index contributed by atoms with van der Waals surface area (Å²) in [6.07, 6.45) is -6.73. The van der Waals surface area contributed by atoms with E-state index in [2.05, 4.69) is 0 Å². The van der Waals surface area contributed by atoms with Crippen molar-refractivity contribution >= 4 is 10.8 Å². The number of fused-ring (bicyclic) bond motifs is 1. The third-order valence-electron chi connectivity index (χ3n) is 3.95. The number of aliphatic hydroxyl groups excluding tert-OH is 4. The van der Waals surface area contributed by atoms with Crippen molar-refractivity contribution in [2.45, 2.75) is 30.7 Å². The highest BCUT2D eigenvalue weighted by molar-refractivity contribution is 5.92. The molecule has 3 rings (SSSR count). The summed E-state index contributed by atoms with van der Waals surface area (Å²) in [6, 6.07) is 9.93. The Hall–Kier alpha value is -1.90. The van der Waals surface area contributed by atoms with Crippen LogP contribution in [0.1, 0.15) is 0 Å². The molecule has 5 N–H and O–H groups in total. The van der Waals surface area contributed by atoms with Crippen molar-refractivity contribution in [1.82, 2.24) is 0 Å². The van der Waals surface area contributed by atoms with Gasteiger partial charge in [0.15, 0.2) is 0 Å². The fourth-order valence-electron chi connectivity index (χ4n) is 2.65. The van der Waals surface area contributed by atoms with E-state index in [1.165, 1.54) is 12.1 Å². The van der Waals surface area contributed by atoms with E-state index in [1.807, 2.05) is 0 Å². The largest absolute Gasteiger partial charge is 0.507 e. The van der Waals surface area contributed by atoms with Crippen LogP contribution < -0.4 is 4.74 Å². The van der Waals surface area contributed by atoms with Gasteiger partial charge in [0, 0.05) is 10.8 Å². The lowest BCUT2D eigenvalue weighted by atomic mass is 9.99. The van der Waals surface area contributed by atoms with Gasteiger partial charge in [-0.1, -0.05) is 24.3 Å². The zero-order valence-electron chi connectivity index (χ0n) is 12.1. The summed E-state index contributed by atoms with van der Waals surface area (Å²) >= 11 is 0. The molecule has 7 nitrogen and oxygen atoms in total. The molecule has 1 saturated heterocycles. The van der Waals surface area contributed by atoms with Crippen LogP contribution in [0.3, 0.4) is 0 Å². The van der Waals surface area contributed by atoms with Crippen LogP contribution in [-0.4, -0.2) is 62.8 Å². The Balaban J connectivity index is 1.91. The maximum Gasteiger partial charge on any atom is 0.229 e. The molecule has 0 aliphatic carbocycles. The van der Waals surface area contributed by atoms with E-state index in [0.29, 0.717) is 16.5 Å². The minimum Gasteiger partial charge on any atom is -0.507 e. The summed E-state index contributed by atoms with van der Waals surface area (Å²) in [4.78, 5) is 0. The van der Waals surface area contributed by atoms with Gasteiger partial charge < -0.3 is 35.0 Å². The number of ether oxygens (including phenoxy) is 2. The smallest absolute Gasteiger partial charge is 0.229 e. The average molecular weight is 322 g/mol. The van der Waals surface area contributed by atoms with Gasteiger partial charge in [-0.3, -0.25) is 0 Å². The molecule has 5 atom stereocenters. The number of rotatable bonds is 3. The molecular formula is C16H18O7. The van der Waals surface area contributed by atoms with Crippen LogP contribution in [0, 0.1) is 0 Å². The molecule has 0 bridgehead atoms. The number of hydrogen-bond donors (Lipinski definition) is 5. The number of phenolic OH excluding ortho intramolecular Hbond substituents is 1. The fraction of sp³-hybridized carbons (Fsp3) is 0.375. The van der Waals surface area contributed by atoms with E-state index < -0.39 is 37.3 Å². The normalized spacial score (nSPS) is 31.2. The summed E-state index contributed by atoms with van der Waals surface area (Å²) in [5, 5.41) is 49.8. The van der Waals surface area contributed by atoms with Gasteiger partial charge in [0.1, 0.15) is 35.9 Å². The summed E-state index contributed by atoms with van der Waals surface area (Å²) in [7, 11) is 0. The van der Waals surface area contributed by atoms with E-state index in [0.717, 1.165) is 0 Å². The first kappa shape index (κ1) is 16.0. The van der Waals surface area contributed by atoms with Crippen molar-refractivity contribution in [3.63, 3.8) is 0 Å². The van der Waals surface area contributed by atoms with E-state index in [4.69, 9.17) is 9.47 Å². The molecule has 1 fully saturated rings. The van der Waals surface area contributed by atoms with E-state index in [9.17, 15) is 25.5 Å². The Morgan fingerprint density at radius 2 is 1.61 bits per heavy atom. The maximum absolute atomic E-state index is 10.0. The van der Waals surface area contributed by atoms with Crippen LogP contribution in [0.25, 0.3) is 10.8 Å². The first-order chi connectivity index (χ1) is 11.0. The molecule has 0 amide bonds. The lowest BCUT2D eigenvalue weighted by Crippen LogP contribution is -2.60. The minimum absolute atomic E-state index is 0.0850. The van der Waals surface area contributed by atoms with Crippen molar-refractivity contribution in [3.05, 3.63) is 36.4 Å². The van der Waals surface area contributed by atoms with Gasteiger partial charge >= 0.3 is 0 Å². The van der Waals surface area contributed by atoms with Gasteiger partial charge in [-0.15, -0.1) is 0 Å². The number of hydrogen-bond acceptors (Lipinski definition) is 7. The van der Waals surface area contributed by atoms with E-state index in [1.54, 1.807) is 24.3 Å². The van der Waals surface area contributed by atoms with Crippen molar-refractivity contribution < 1.29 is 35.0 Å². The molecule has 124 valence electrons. The van der Waals surface area contributed by atoms with Crippen LogP contribution in [0.15, 0.2) is 36.4 Å². The van der Waals surface area contributed by atoms with Crippen LogP contribution in [0.4, 0.5) is 0 Å². The number of aromatic hydroxyl groups is 1. The molecule has 0 radical (unpaired) electrons. The number of phenols is 1. The molecule has 0 aromatic heterocycles. The zero-order valence-corrected chi connectivity index (χ0v) is 12.1. The predicted molar refractivity (Wildman–Crippen MR) is 80.0 cm³/mol. The van der Waals surface area contributed by atoms with Gasteiger partial charge in [0.2, 0.25) is 6.29 Å². The maximum atomic E-state index is 10.0. The van der Waals surface area contributed by atoms with Crippen molar-refractivity contribution in [2.75, 3.05) is 6.61 Å². The molecule has 7 heteroatoms. The summed E-state index contributed by atoms with van der Waals surface area (Å²) in [5.74, 6) is 0.421. The third-order valence-corrected chi connectivity index (χ3v) is 3.95. The van der Waals surface area contributed by atoms with Crippen molar-refractivity contribution in [1.29, 1.82) is 0 Å². The Bertz CT molecular complexity index is 687. The van der Waals surface area contributed by atoms with Gasteiger partial charge in [0.25, 0.3) is 0 Å². The predicted octanol–water partition coefficient (Wildman–Crippen LogP) is -0.276.